The molecule has 22 heavy (non-hydrogen) atoms. The van der Waals surface area contributed by atoms with E-state index in [1.165, 1.54) is 0 Å². The maximum Gasteiger partial charge on any atom is 0.220 e. The van der Waals surface area contributed by atoms with Crippen LogP contribution in [0.5, 0.6) is 0 Å². The molecule has 2 saturated heterocycles. The Labute approximate surface area is 131 Å². The van der Waals surface area contributed by atoms with Gasteiger partial charge in [-0.15, -0.1) is 0 Å². The van der Waals surface area contributed by atoms with E-state index in [4.69, 9.17) is 0 Å². The lowest BCUT2D eigenvalue weighted by atomic mass is 9.96. The van der Waals surface area contributed by atoms with Gasteiger partial charge in [0.05, 0.1) is 0 Å². The number of piperidine rings is 2. The Bertz CT molecular complexity index is 503. The molecule has 2 aliphatic heterocycles. The average molecular weight is 303 g/mol. The number of amides is 1. The van der Waals surface area contributed by atoms with Gasteiger partial charge in [-0.2, -0.15) is 0 Å². The summed E-state index contributed by atoms with van der Waals surface area (Å²) in [6.07, 6.45) is 5.62. The molecule has 3 heterocycles. The van der Waals surface area contributed by atoms with E-state index in [2.05, 4.69) is 25.5 Å². The first-order valence-corrected chi connectivity index (χ1v) is 8.23. The van der Waals surface area contributed by atoms with Gasteiger partial charge < -0.3 is 15.5 Å². The molecule has 6 heteroatoms. The topological polar surface area (TPSA) is 70.2 Å². The van der Waals surface area contributed by atoms with Crippen LogP contribution >= 0.6 is 0 Å². The fourth-order valence-electron chi connectivity index (χ4n) is 3.31. The average Bonchev–Trinajstić information content (AvgIpc) is 2.52. The van der Waals surface area contributed by atoms with Crippen molar-refractivity contribution in [2.24, 2.45) is 5.92 Å². The van der Waals surface area contributed by atoms with E-state index in [0.717, 1.165) is 57.0 Å². The Morgan fingerprint density at radius 1 is 1.32 bits per heavy atom. The molecule has 0 bridgehead atoms. The zero-order valence-electron chi connectivity index (χ0n) is 13.2. The lowest BCUT2D eigenvalue weighted by Crippen LogP contribution is -2.45. The van der Waals surface area contributed by atoms with Crippen LogP contribution in [-0.2, 0) is 4.79 Å². The molecule has 0 radical (unpaired) electrons. The minimum absolute atomic E-state index is 0.208. The van der Waals surface area contributed by atoms with Crippen molar-refractivity contribution in [2.75, 3.05) is 31.5 Å². The number of anilines is 1. The number of hydrogen-bond donors (Lipinski definition) is 2. The zero-order valence-corrected chi connectivity index (χ0v) is 13.2. The summed E-state index contributed by atoms with van der Waals surface area (Å²) in [6.45, 7) is 6.17. The van der Waals surface area contributed by atoms with Gasteiger partial charge in [-0.1, -0.05) is 0 Å². The summed E-state index contributed by atoms with van der Waals surface area (Å²) >= 11 is 0. The van der Waals surface area contributed by atoms with E-state index < -0.39 is 0 Å². The van der Waals surface area contributed by atoms with Crippen LogP contribution in [0.15, 0.2) is 12.4 Å². The molecule has 2 aliphatic rings. The number of hydrogen-bond acceptors (Lipinski definition) is 5. The highest BCUT2D eigenvalue weighted by Gasteiger charge is 2.24. The highest BCUT2D eigenvalue weighted by molar-refractivity contribution is 5.76. The number of likely N-dealkylation sites (tertiary alicyclic amines) is 1. The lowest BCUT2D eigenvalue weighted by molar-refractivity contribution is -0.123. The van der Waals surface area contributed by atoms with Crippen LogP contribution in [0.1, 0.15) is 31.4 Å². The summed E-state index contributed by atoms with van der Waals surface area (Å²) in [4.78, 5) is 22.1. The Kier molecular flexibility index (Phi) is 4.87. The van der Waals surface area contributed by atoms with Crippen molar-refractivity contribution in [1.29, 1.82) is 0 Å². The minimum Gasteiger partial charge on any atom is -0.367 e. The number of nitrogens with one attached hydrogen (secondary N) is 2. The van der Waals surface area contributed by atoms with Gasteiger partial charge in [0.1, 0.15) is 12.1 Å². The molecule has 1 aromatic heterocycles. The van der Waals surface area contributed by atoms with Crippen molar-refractivity contribution in [3.05, 3.63) is 18.1 Å². The molecule has 0 spiro atoms. The molecule has 0 saturated carbocycles. The molecule has 3 rings (SSSR count). The number of aromatic nitrogens is 2. The largest absolute Gasteiger partial charge is 0.367 e. The molecular weight excluding hydrogens is 278 g/mol. The van der Waals surface area contributed by atoms with Crippen LogP contribution in [0.3, 0.4) is 0 Å². The van der Waals surface area contributed by atoms with Gasteiger partial charge >= 0.3 is 0 Å². The fourth-order valence-corrected chi connectivity index (χ4v) is 3.31. The number of nitrogens with zero attached hydrogens (tertiary/aromatic N) is 3. The van der Waals surface area contributed by atoms with E-state index in [1.807, 2.05) is 13.0 Å². The number of carbonyl (C=O) groups is 1. The summed E-state index contributed by atoms with van der Waals surface area (Å²) in [5.74, 6) is 1.76. The van der Waals surface area contributed by atoms with Crippen molar-refractivity contribution in [3.8, 4) is 0 Å². The summed E-state index contributed by atoms with van der Waals surface area (Å²) in [7, 11) is 0. The van der Waals surface area contributed by atoms with Gasteiger partial charge in [-0.25, -0.2) is 9.97 Å². The van der Waals surface area contributed by atoms with Gasteiger partial charge in [0, 0.05) is 50.4 Å². The van der Waals surface area contributed by atoms with Crippen molar-refractivity contribution >= 4 is 11.7 Å². The molecule has 1 aromatic rings. The molecule has 120 valence electrons. The number of carbonyl (C=O) groups excluding carboxylic acids is 1. The van der Waals surface area contributed by atoms with Crippen LogP contribution in [0.25, 0.3) is 0 Å². The summed E-state index contributed by atoms with van der Waals surface area (Å²) in [5.41, 5.74) is 0.995. The van der Waals surface area contributed by atoms with E-state index in [9.17, 15) is 4.79 Å². The molecule has 6 nitrogen and oxygen atoms in total. The second-order valence-electron chi connectivity index (χ2n) is 6.47. The second kappa shape index (κ2) is 7.05. The molecule has 1 amide bonds. The van der Waals surface area contributed by atoms with Crippen molar-refractivity contribution in [1.82, 2.24) is 20.2 Å². The normalized spacial score (nSPS) is 24.0. The second-order valence-corrected chi connectivity index (χ2v) is 6.47. The highest BCUT2D eigenvalue weighted by atomic mass is 16.1. The Morgan fingerprint density at radius 2 is 2.14 bits per heavy atom. The minimum atomic E-state index is 0.208. The van der Waals surface area contributed by atoms with Gasteiger partial charge in [-0.05, 0) is 32.1 Å². The fraction of sp³-hybridized carbons (Fsp3) is 0.688. The first-order chi connectivity index (χ1) is 10.7. The summed E-state index contributed by atoms with van der Waals surface area (Å²) in [6, 6.07) is 2.49. The number of aryl methyl sites for hydroxylation is 1. The van der Waals surface area contributed by atoms with Crippen LogP contribution in [0, 0.1) is 12.8 Å². The zero-order chi connectivity index (χ0) is 15.4. The SMILES string of the molecule is Cc1cc(NC2CCN(CC3CCC(=O)NC3)CC2)ncn1. The smallest absolute Gasteiger partial charge is 0.220 e. The van der Waals surface area contributed by atoms with Crippen LogP contribution < -0.4 is 10.6 Å². The first kappa shape index (κ1) is 15.2. The lowest BCUT2D eigenvalue weighted by Gasteiger charge is -2.35. The predicted molar refractivity (Wildman–Crippen MR) is 85.6 cm³/mol. The third kappa shape index (κ3) is 4.16. The van der Waals surface area contributed by atoms with Gasteiger partial charge in [-0.3, -0.25) is 4.79 Å². The summed E-state index contributed by atoms with van der Waals surface area (Å²) in [5, 5.41) is 6.49. The van der Waals surface area contributed by atoms with Gasteiger partial charge in [0.2, 0.25) is 5.91 Å². The molecular formula is C16H25N5O. The highest BCUT2D eigenvalue weighted by Crippen LogP contribution is 2.18. The Hall–Kier alpha value is -1.69. The molecule has 2 N–H and O–H groups in total. The van der Waals surface area contributed by atoms with Crippen molar-refractivity contribution < 1.29 is 4.79 Å². The maximum atomic E-state index is 11.2. The van der Waals surface area contributed by atoms with Gasteiger partial charge in [0.25, 0.3) is 0 Å². The third-order valence-electron chi connectivity index (χ3n) is 4.63. The first-order valence-electron chi connectivity index (χ1n) is 8.23. The van der Waals surface area contributed by atoms with E-state index >= 15 is 0 Å². The Balaban J connectivity index is 1.41. The molecule has 0 aliphatic carbocycles. The van der Waals surface area contributed by atoms with Crippen LogP contribution in [-0.4, -0.2) is 53.0 Å². The van der Waals surface area contributed by atoms with Crippen molar-refractivity contribution in [2.45, 2.75) is 38.6 Å². The van der Waals surface area contributed by atoms with Gasteiger partial charge in [0.15, 0.2) is 0 Å². The van der Waals surface area contributed by atoms with E-state index in [1.54, 1.807) is 6.33 Å². The van der Waals surface area contributed by atoms with E-state index in [0.29, 0.717) is 18.4 Å². The van der Waals surface area contributed by atoms with Crippen LogP contribution in [0.2, 0.25) is 0 Å². The standard InChI is InChI=1S/C16H25N5O/c1-12-8-15(19-11-18-12)20-14-4-6-21(7-5-14)10-13-2-3-16(22)17-9-13/h8,11,13-14H,2-7,9-10H2,1H3,(H,17,22)(H,18,19,20). The molecule has 1 atom stereocenters. The summed E-state index contributed by atoms with van der Waals surface area (Å²) < 4.78 is 0. The maximum absolute atomic E-state index is 11.2. The monoisotopic (exact) mass is 303 g/mol. The van der Waals surface area contributed by atoms with Crippen LogP contribution in [0.4, 0.5) is 5.82 Å². The Morgan fingerprint density at radius 3 is 2.82 bits per heavy atom. The molecule has 2 fully saturated rings. The molecule has 0 aromatic carbocycles. The predicted octanol–water partition coefficient (Wildman–Crippen LogP) is 1.19. The third-order valence-corrected chi connectivity index (χ3v) is 4.63. The van der Waals surface area contributed by atoms with E-state index in [-0.39, 0.29) is 5.91 Å². The van der Waals surface area contributed by atoms with Crippen molar-refractivity contribution in [3.63, 3.8) is 0 Å². The quantitative estimate of drug-likeness (QED) is 0.874. The number of rotatable bonds is 4. The molecule has 1 unspecified atom stereocenters.